The first-order chi connectivity index (χ1) is 14.9. The summed E-state index contributed by atoms with van der Waals surface area (Å²) in [7, 11) is 0. The van der Waals surface area contributed by atoms with Crippen molar-refractivity contribution in [1.29, 1.82) is 0 Å². The van der Waals surface area contributed by atoms with Crippen molar-refractivity contribution in [2.24, 2.45) is 11.3 Å². The van der Waals surface area contributed by atoms with E-state index in [4.69, 9.17) is 0 Å². The molecule has 0 spiro atoms. The first-order valence-corrected chi connectivity index (χ1v) is 11.4. The summed E-state index contributed by atoms with van der Waals surface area (Å²) in [5.41, 5.74) is -1.32. The number of nitrogens with zero attached hydrogens (tertiary/aromatic N) is 2. The van der Waals surface area contributed by atoms with Crippen molar-refractivity contribution in [3.8, 4) is 0 Å². The third-order valence-corrected chi connectivity index (χ3v) is 7.25. The summed E-state index contributed by atoms with van der Waals surface area (Å²) in [6.45, 7) is 10.4. The number of imide groups is 1. The number of piperidine rings is 2. The molecule has 8 heteroatoms. The van der Waals surface area contributed by atoms with Gasteiger partial charge in [0, 0.05) is 48.2 Å². The molecule has 0 aliphatic carbocycles. The number of fused-ring (bicyclic) bond motifs is 1. The molecule has 32 heavy (non-hydrogen) atoms. The minimum atomic E-state index is -1.37. The number of benzene rings is 1. The molecule has 7 nitrogen and oxygen atoms in total. The average molecular weight is 446 g/mol. The van der Waals surface area contributed by atoms with E-state index in [-0.39, 0.29) is 42.0 Å². The van der Waals surface area contributed by atoms with Gasteiger partial charge in [-0.25, -0.2) is 4.39 Å². The molecule has 2 unspecified atom stereocenters. The number of aliphatic hydroxyl groups is 1. The van der Waals surface area contributed by atoms with Gasteiger partial charge in [-0.05, 0) is 24.8 Å². The lowest BCUT2D eigenvalue weighted by Crippen LogP contribution is -2.56. The van der Waals surface area contributed by atoms with E-state index in [2.05, 4.69) is 24.1 Å². The smallest absolute Gasteiger partial charge is 0.255 e. The zero-order valence-electron chi connectivity index (χ0n) is 19.2. The van der Waals surface area contributed by atoms with Crippen molar-refractivity contribution in [1.82, 2.24) is 15.1 Å². The fraction of sp³-hybridized carbons (Fsp3) is 0.625. The van der Waals surface area contributed by atoms with Crippen LogP contribution in [0.4, 0.5) is 4.39 Å². The summed E-state index contributed by atoms with van der Waals surface area (Å²) in [6.07, 6.45) is 0.764. The standard InChI is InChI=1S/C24H32FN3O4/c1-14(2)11-27-10-9-24(32,23(3,4)13-27)17-6-5-15-16(20(17)25)12-28(22(15)31)18-7-8-19(29)26-21(18)30/h5-6,14,18,32H,7-13H2,1-4H3,(H,26,29,30). The van der Waals surface area contributed by atoms with Gasteiger partial charge < -0.3 is 14.9 Å². The molecule has 174 valence electrons. The van der Waals surface area contributed by atoms with Crippen LogP contribution in [0.1, 0.15) is 68.4 Å². The van der Waals surface area contributed by atoms with E-state index in [9.17, 15) is 19.5 Å². The third-order valence-electron chi connectivity index (χ3n) is 7.25. The summed E-state index contributed by atoms with van der Waals surface area (Å²) in [6, 6.07) is 2.30. The molecular formula is C24H32FN3O4. The van der Waals surface area contributed by atoms with Gasteiger partial charge in [-0.2, -0.15) is 0 Å². The Balaban J connectivity index is 1.63. The van der Waals surface area contributed by atoms with Crippen LogP contribution in [-0.2, 0) is 21.7 Å². The second-order valence-electron chi connectivity index (χ2n) is 10.5. The molecular weight excluding hydrogens is 413 g/mol. The molecule has 0 bridgehead atoms. The summed E-state index contributed by atoms with van der Waals surface area (Å²) in [5, 5.41) is 14.0. The molecule has 4 rings (SSSR count). The minimum Gasteiger partial charge on any atom is -0.384 e. The Labute approximate surface area is 187 Å². The van der Waals surface area contributed by atoms with E-state index in [1.54, 1.807) is 6.07 Å². The van der Waals surface area contributed by atoms with Crippen LogP contribution in [0, 0.1) is 17.2 Å². The van der Waals surface area contributed by atoms with Crippen LogP contribution in [0.25, 0.3) is 0 Å². The summed E-state index contributed by atoms with van der Waals surface area (Å²) >= 11 is 0. The van der Waals surface area contributed by atoms with Crippen molar-refractivity contribution in [3.05, 3.63) is 34.6 Å². The predicted molar refractivity (Wildman–Crippen MR) is 116 cm³/mol. The SMILES string of the molecule is CC(C)CN1CCC(O)(c2ccc3c(c2F)CN(C2CCC(=O)NC2=O)C3=O)C(C)(C)C1. The molecule has 3 heterocycles. The monoisotopic (exact) mass is 445 g/mol. The molecule has 1 aromatic carbocycles. The van der Waals surface area contributed by atoms with E-state index in [1.165, 1.54) is 11.0 Å². The molecule has 2 N–H and O–H groups in total. The lowest BCUT2D eigenvalue weighted by atomic mass is 9.66. The number of likely N-dealkylation sites (tertiary alicyclic amines) is 1. The number of carbonyl (C=O) groups excluding carboxylic acids is 3. The quantitative estimate of drug-likeness (QED) is 0.694. The van der Waals surface area contributed by atoms with Gasteiger partial charge in [0.25, 0.3) is 5.91 Å². The van der Waals surface area contributed by atoms with E-state index in [0.717, 1.165) is 6.54 Å². The first-order valence-electron chi connectivity index (χ1n) is 11.4. The van der Waals surface area contributed by atoms with Crippen LogP contribution >= 0.6 is 0 Å². The molecule has 2 atom stereocenters. The maximum Gasteiger partial charge on any atom is 0.255 e. The van der Waals surface area contributed by atoms with Gasteiger partial charge >= 0.3 is 0 Å². The number of amides is 3. The fourth-order valence-electron chi connectivity index (χ4n) is 5.52. The molecule has 3 aliphatic heterocycles. The third kappa shape index (κ3) is 3.63. The average Bonchev–Trinajstić information content (AvgIpc) is 3.02. The Morgan fingerprint density at radius 3 is 2.59 bits per heavy atom. The largest absolute Gasteiger partial charge is 0.384 e. The highest BCUT2D eigenvalue weighted by atomic mass is 19.1. The molecule has 0 saturated carbocycles. The summed E-state index contributed by atoms with van der Waals surface area (Å²) in [5.74, 6) is -1.38. The highest BCUT2D eigenvalue weighted by molar-refractivity contribution is 6.05. The van der Waals surface area contributed by atoms with Gasteiger partial charge in [0.05, 0.1) is 12.1 Å². The van der Waals surface area contributed by atoms with Crippen LogP contribution < -0.4 is 5.32 Å². The minimum absolute atomic E-state index is 0.0455. The van der Waals surface area contributed by atoms with Crippen LogP contribution in [0.5, 0.6) is 0 Å². The Bertz CT molecular complexity index is 976. The molecule has 1 aromatic rings. The zero-order chi connectivity index (χ0) is 23.4. The Morgan fingerprint density at radius 2 is 1.97 bits per heavy atom. The van der Waals surface area contributed by atoms with Crippen LogP contribution in [-0.4, -0.2) is 58.3 Å². The number of hydrogen-bond acceptors (Lipinski definition) is 5. The van der Waals surface area contributed by atoms with Crippen LogP contribution in [0.2, 0.25) is 0 Å². The van der Waals surface area contributed by atoms with E-state index in [1.807, 2.05) is 13.8 Å². The zero-order valence-corrected chi connectivity index (χ0v) is 19.2. The molecule has 0 aromatic heterocycles. The van der Waals surface area contributed by atoms with Crippen molar-refractivity contribution in [2.45, 2.75) is 65.1 Å². The van der Waals surface area contributed by atoms with Crippen molar-refractivity contribution >= 4 is 17.7 Å². The lowest BCUT2D eigenvalue weighted by Gasteiger charge is -2.51. The van der Waals surface area contributed by atoms with Crippen LogP contribution in [0.3, 0.4) is 0 Å². The fourth-order valence-corrected chi connectivity index (χ4v) is 5.52. The number of rotatable bonds is 4. The second kappa shape index (κ2) is 7.92. The topological polar surface area (TPSA) is 89.9 Å². The van der Waals surface area contributed by atoms with E-state index >= 15 is 4.39 Å². The maximum atomic E-state index is 15.8. The van der Waals surface area contributed by atoms with Gasteiger partial charge in [-0.15, -0.1) is 0 Å². The summed E-state index contributed by atoms with van der Waals surface area (Å²) < 4.78 is 15.8. The van der Waals surface area contributed by atoms with Crippen LogP contribution in [0.15, 0.2) is 12.1 Å². The molecule has 2 fully saturated rings. The van der Waals surface area contributed by atoms with Gasteiger partial charge in [0.1, 0.15) is 11.9 Å². The Morgan fingerprint density at radius 1 is 1.25 bits per heavy atom. The van der Waals surface area contributed by atoms with Gasteiger partial charge in [-0.3, -0.25) is 19.7 Å². The van der Waals surface area contributed by atoms with Crippen molar-refractivity contribution < 1.29 is 23.9 Å². The predicted octanol–water partition coefficient (Wildman–Crippen LogP) is 2.16. The maximum absolute atomic E-state index is 15.8. The Hall–Kier alpha value is -2.32. The molecule has 3 aliphatic rings. The van der Waals surface area contributed by atoms with Gasteiger partial charge in [0.2, 0.25) is 11.8 Å². The first kappa shape index (κ1) is 22.9. The summed E-state index contributed by atoms with van der Waals surface area (Å²) in [4.78, 5) is 40.3. The van der Waals surface area contributed by atoms with E-state index in [0.29, 0.717) is 25.4 Å². The molecule has 0 radical (unpaired) electrons. The van der Waals surface area contributed by atoms with Gasteiger partial charge in [-0.1, -0.05) is 33.8 Å². The Kier molecular flexibility index (Phi) is 5.66. The second-order valence-corrected chi connectivity index (χ2v) is 10.5. The number of halogens is 1. The van der Waals surface area contributed by atoms with E-state index < -0.39 is 34.7 Å². The number of carbonyl (C=O) groups is 3. The lowest BCUT2D eigenvalue weighted by molar-refractivity contribution is -0.137. The van der Waals surface area contributed by atoms with Crippen molar-refractivity contribution in [2.75, 3.05) is 19.6 Å². The molecule has 3 amide bonds. The molecule has 2 saturated heterocycles. The normalized spacial score (nSPS) is 28.3. The highest BCUT2D eigenvalue weighted by Crippen LogP contribution is 2.48. The van der Waals surface area contributed by atoms with Crippen molar-refractivity contribution in [3.63, 3.8) is 0 Å². The highest BCUT2D eigenvalue weighted by Gasteiger charge is 2.51. The number of hydrogen-bond donors (Lipinski definition) is 2. The number of nitrogens with one attached hydrogen (secondary N) is 1. The van der Waals surface area contributed by atoms with Gasteiger partial charge in [0.15, 0.2) is 0 Å².